The summed E-state index contributed by atoms with van der Waals surface area (Å²) in [5.41, 5.74) is 0.750. The molecule has 142 valence electrons. The van der Waals surface area contributed by atoms with E-state index < -0.39 is 0 Å². The molecule has 1 aliphatic rings. The highest BCUT2D eigenvalue weighted by Gasteiger charge is 2.24. The summed E-state index contributed by atoms with van der Waals surface area (Å²) in [5.74, 6) is 1.39. The molecule has 0 aliphatic carbocycles. The van der Waals surface area contributed by atoms with Gasteiger partial charge in [-0.2, -0.15) is 0 Å². The number of halogens is 3. The molecule has 1 aromatic carbocycles. The second-order valence-corrected chi connectivity index (χ2v) is 7.05. The van der Waals surface area contributed by atoms with Crippen molar-refractivity contribution >= 4 is 45.9 Å². The monoisotopic (exact) mass is 527 g/mol. The summed E-state index contributed by atoms with van der Waals surface area (Å²) in [7, 11) is 1.75. The first-order chi connectivity index (χ1) is 11.6. The summed E-state index contributed by atoms with van der Waals surface area (Å²) in [6.45, 7) is 6.44. The van der Waals surface area contributed by atoms with Crippen LogP contribution >= 0.6 is 39.9 Å². The van der Waals surface area contributed by atoms with E-state index in [0.29, 0.717) is 18.9 Å². The summed E-state index contributed by atoms with van der Waals surface area (Å²) in [6, 6.07) is 5.24. The van der Waals surface area contributed by atoms with Crippen molar-refractivity contribution in [3.63, 3.8) is 0 Å². The van der Waals surface area contributed by atoms with E-state index in [-0.39, 0.29) is 29.8 Å². The predicted octanol–water partition coefficient (Wildman–Crippen LogP) is 4.07. The molecule has 1 aromatic rings. The average Bonchev–Trinajstić information content (AvgIpc) is 3.01. The second kappa shape index (κ2) is 12.1. The van der Waals surface area contributed by atoms with Gasteiger partial charge in [0.2, 0.25) is 0 Å². The second-order valence-electron chi connectivity index (χ2n) is 6.13. The maximum Gasteiger partial charge on any atom is 0.193 e. The van der Waals surface area contributed by atoms with Crippen LogP contribution in [-0.2, 0) is 11.2 Å². The fourth-order valence-corrected chi connectivity index (χ4v) is 3.33. The van der Waals surface area contributed by atoms with Crippen molar-refractivity contribution in [3.8, 4) is 0 Å². The Morgan fingerprint density at radius 1 is 1.48 bits per heavy atom. The molecule has 1 aliphatic heterocycles. The lowest BCUT2D eigenvalue weighted by molar-refractivity contribution is 0.157. The largest absolute Gasteiger partial charge is 0.384 e. The molecule has 0 spiro atoms. The molecule has 1 heterocycles. The van der Waals surface area contributed by atoms with Crippen LogP contribution in [-0.4, -0.2) is 50.8 Å². The molecule has 0 aromatic heterocycles. The summed E-state index contributed by atoms with van der Waals surface area (Å²) in [6.07, 6.45) is 2.68. The van der Waals surface area contributed by atoms with Crippen LogP contribution < -0.4 is 5.32 Å². The Morgan fingerprint density at radius 3 is 2.96 bits per heavy atom. The third-order valence-corrected chi connectivity index (χ3v) is 4.70. The van der Waals surface area contributed by atoms with Gasteiger partial charge < -0.3 is 15.0 Å². The maximum atomic E-state index is 13.8. The van der Waals surface area contributed by atoms with Crippen molar-refractivity contribution in [1.29, 1.82) is 0 Å². The van der Waals surface area contributed by atoms with Gasteiger partial charge in [-0.15, -0.1) is 24.0 Å². The molecule has 1 atom stereocenters. The van der Waals surface area contributed by atoms with E-state index in [1.54, 1.807) is 7.11 Å². The Bertz CT molecular complexity index is 559. The van der Waals surface area contributed by atoms with E-state index in [9.17, 15) is 4.39 Å². The number of hydrogen-bond donors (Lipinski definition) is 1. The number of methoxy groups -OCH3 is 1. The number of aryl methyl sites for hydroxylation is 1. The lowest BCUT2D eigenvalue weighted by atomic mass is 10.1. The molecule has 1 fully saturated rings. The number of benzene rings is 1. The van der Waals surface area contributed by atoms with Gasteiger partial charge in [-0.25, -0.2) is 4.39 Å². The first-order valence-electron chi connectivity index (χ1n) is 8.60. The van der Waals surface area contributed by atoms with Crippen LogP contribution in [0.1, 0.15) is 25.3 Å². The number of hydrogen-bond acceptors (Lipinski definition) is 2. The standard InChI is InChI=1S/C18H27BrFN3O.HI/c1-3-21-18(23-10-8-14(12-23)13-24-2)22-9-4-5-15-6-7-16(19)11-17(15)20;/h6-7,11,14H,3-5,8-10,12-13H2,1-2H3,(H,21,22);1H. The molecule has 0 bridgehead atoms. The molecule has 2 rings (SSSR count). The van der Waals surface area contributed by atoms with Gasteiger partial charge in [0.15, 0.2) is 5.96 Å². The summed E-state index contributed by atoms with van der Waals surface area (Å²) >= 11 is 3.28. The fourth-order valence-electron chi connectivity index (χ4n) is 3.00. The average molecular weight is 528 g/mol. The third kappa shape index (κ3) is 7.38. The van der Waals surface area contributed by atoms with Gasteiger partial charge in [-0.05, 0) is 43.9 Å². The van der Waals surface area contributed by atoms with Crippen LogP contribution in [0.2, 0.25) is 0 Å². The number of ether oxygens (including phenoxy) is 1. The molecule has 1 N–H and O–H groups in total. The van der Waals surface area contributed by atoms with Gasteiger partial charge in [0.25, 0.3) is 0 Å². The van der Waals surface area contributed by atoms with E-state index in [4.69, 9.17) is 9.73 Å². The highest BCUT2D eigenvalue weighted by molar-refractivity contribution is 14.0. The number of nitrogens with zero attached hydrogens (tertiary/aromatic N) is 2. The first kappa shape index (κ1) is 22.6. The number of rotatable bonds is 7. The van der Waals surface area contributed by atoms with Crippen LogP contribution in [0, 0.1) is 11.7 Å². The van der Waals surface area contributed by atoms with Crippen molar-refractivity contribution in [1.82, 2.24) is 10.2 Å². The Hall–Kier alpha value is -0.410. The Kier molecular flexibility index (Phi) is 10.9. The Balaban J connectivity index is 0.00000312. The fraction of sp³-hybridized carbons (Fsp3) is 0.611. The topological polar surface area (TPSA) is 36.9 Å². The highest BCUT2D eigenvalue weighted by atomic mass is 127. The van der Waals surface area contributed by atoms with Gasteiger partial charge in [-0.1, -0.05) is 22.0 Å². The molecule has 7 heteroatoms. The van der Waals surface area contributed by atoms with Gasteiger partial charge in [0, 0.05) is 43.7 Å². The molecular formula is C18H28BrFIN3O. The normalized spacial score (nSPS) is 17.5. The van der Waals surface area contributed by atoms with E-state index >= 15 is 0 Å². The Morgan fingerprint density at radius 2 is 2.28 bits per heavy atom. The molecule has 1 unspecified atom stereocenters. The van der Waals surface area contributed by atoms with E-state index in [0.717, 1.165) is 55.1 Å². The van der Waals surface area contributed by atoms with Gasteiger partial charge in [-0.3, -0.25) is 4.99 Å². The lowest BCUT2D eigenvalue weighted by Gasteiger charge is -2.21. The van der Waals surface area contributed by atoms with Crippen molar-refractivity contribution in [2.45, 2.75) is 26.2 Å². The zero-order valence-corrected chi connectivity index (χ0v) is 18.8. The zero-order chi connectivity index (χ0) is 17.4. The van der Waals surface area contributed by atoms with Gasteiger partial charge in [0.05, 0.1) is 6.61 Å². The third-order valence-electron chi connectivity index (χ3n) is 4.20. The van der Waals surface area contributed by atoms with Crippen LogP contribution in [0.4, 0.5) is 4.39 Å². The van der Waals surface area contributed by atoms with E-state index in [1.165, 1.54) is 6.07 Å². The minimum atomic E-state index is -0.151. The van der Waals surface area contributed by atoms with Crippen LogP contribution in [0.15, 0.2) is 27.7 Å². The Labute approximate surface area is 175 Å². The van der Waals surface area contributed by atoms with Crippen LogP contribution in [0.3, 0.4) is 0 Å². The van der Waals surface area contributed by atoms with Crippen molar-refractivity contribution in [2.24, 2.45) is 10.9 Å². The smallest absolute Gasteiger partial charge is 0.193 e. The number of likely N-dealkylation sites (tertiary alicyclic amines) is 1. The minimum absolute atomic E-state index is 0. The highest BCUT2D eigenvalue weighted by Crippen LogP contribution is 2.18. The van der Waals surface area contributed by atoms with Crippen molar-refractivity contribution in [3.05, 3.63) is 34.1 Å². The van der Waals surface area contributed by atoms with Gasteiger partial charge in [0.1, 0.15) is 5.82 Å². The molecule has 0 saturated carbocycles. The molecule has 0 amide bonds. The molecular weight excluding hydrogens is 500 g/mol. The number of guanidine groups is 1. The van der Waals surface area contributed by atoms with Crippen LogP contribution in [0.25, 0.3) is 0 Å². The molecule has 25 heavy (non-hydrogen) atoms. The SMILES string of the molecule is CCNC(=NCCCc1ccc(Br)cc1F)N1CCC(COC)C1.I. The van der Waals surface area contributed by atoms with Crippen LogP contribution in [0.5, 0.6) is 0 Å². The molecule has 0 radical (unpaired) electrons. The summed E-state index contributed by atoms with van der Waals surface area (Å²) < 4.78 is 19.8. The predicted molar refractivity (Wildman–Crippen MR) is 115 cm³/mol. The van der Waals surface area contributed by atoms with E-state index in [1.807, 2.05) is 12.1 Å². The quantitative estimate of drug-likeness (QED) is 0.251. The maximum absolute atomic E-state index is 13.8. The number of aliphatic imine (C=N–C) groups is 1. The summed E-state index contributed by atoms with van der Waals surface area (Å²) in [5, 5.41) is 3.36. The number of nitrogens with one attached hydrogen (secondary N) is 1. The molecule has 1 saturated heterocycles. The summed E-state index contributed by atoms with van der Waals surface area (Å²) in [4.78, 5) is 7.01. The van der Waals surface area contributed by atoms with Crippen molar-refractivity contribution < 1.29 is 9.13 Å². The lowest BCUT2D eigenvalue weighted by Crippen LogP contribution is -2.40. The molecule has 4 nitrogen and oxygen atoms in total. The van der Waals surface area contributed by atoms with Crippen molar-refractivity contribution in [2.75, 3.05) is 39.9 Å². The zero-order valence-electron chi connectivity index (χ0n) is 14.9. The van der Waals surface area contributed by atoms with E-state index in [2.05, 4.69) is 33.1 Å². The minimum Gasteiger partial charge on any atom is -0.384 e. The first-order valence-corrected chi connectivity index (χ1v) is 9.39. The van der Waals surface area contributed by atoms with Gasteiger partial charge >= 0.3 is 0 Å².